The molecule has 4 rings (SSSR count). The number of amides is 1. The lowest BCUT2D eigenvalue weighted by atomic mass is 10.1. The molecule has 2 heterocycles. The summed E-state index contributed by atoms with van der Waals surface area (Å²) in [5, 5.41) is 13.5. The number of rotatable bonds is 4. The standard InChI is InChI=1S/C20H19N5O/c1-12(2)25-17-6-4-3-5-14(17)15-11-13(7-9-18(15)25)22-19-10-8-16(20(21)26)23-24-19/h3-12H,1-2H3,(H2,21,26)(H,22,24). The number of hydrogen-bond donors (Lipinski definition) is 2. The lowest BCUT2D eigenvalue weighted by molar-refractivity contribution is 0.0994. The van der Waals surface area contributed by atoms with E-state index in [9.17, 15) is 4.79 Å². The number of primary amides is 1. The number of nitrogens with two attached hydrogens (primary N) is 1. The molecule has 3 N–H and O–H groups in total. The Bertz CT molecular complexity index is 1110. The van der Waals surface area contributed by atoms with Crippen LogP contribution in [0.3, 0.4) is 0 Å². The molecule has 0 spiro atoms. The highest BCUT2D eigenvalue weighted by atomic mass is 16.1. The van der Waals surface area contributed by atoms with Crippen LogP contribution in [0.25, 0.3) is 21.8 Å². The van der Waals surface area contributed by atoms with Gasteiger partial charge in [0.1, 0.15) is 0 Å². The second-order valence-corrected chi connectivity index (χ2v) is 6.51. The van der Waals surface area contributed by atoms with Crippen molar-refractivity contribution in [2.45, 2.75) is 19.9 Å². The van der Waals surface area contributed by atoms with E-state index >= 15 is 0 Å². The molecular formula is C20H19N5O. The lowest BCUT2D eigenvalue weighted by Crippen LogP contribution is -2.13. The van der Waals surface area contributed by atoms with Crippen LogP contribution in [-0.2, 0) is 0 Å². The van der Waals surface area contributed by atoms with E-state index in [0.29, 0.717) is 11.9 Å². The largest absolute Gasteiger partial charge is 0.364 e. The molecule has 1 amide bonds. The van der Waals surface area contributed by atoms with Crippen LogP contribution >= 0.6 is 0 Å². The molecule has 0 saturated carbocycles. The van der Waals surface area contributed by atoms with Crippen LogP contribution in [0.1, 0.15) is 30.4 Å². The molecule has 0 unspecified atom stereocenters. The second kappa shape index (κ2) is 6.15. The molecule has 0 fully saturated rings. The number of carbonyl (C=O) groups is 1. The molecule has 4 aromatic rings. The van der Waals surface area contributed by atoms with Gasteiger partial charge in [0.2, 0.25) is 0 Å². The Kier molecular flexibility index (Phi) is 3.80. The number of aromatic nitrogens is 3. The van der Waals surface area contributed by atoms with Gasteiger partial charge in [0.15, 0.2) is 11.5 Å². The normalized spacial score (nSPS) is 11.3. The van der Waals surface area contributed by atoms with Crippen molar-refractivity contribution in [1.82, 2.24) is 14.8 Å². The van der Waals surface area contributed by atoms with Gasteiger partial charge in [-0.3, -0.25) is 4.79 Å². The molecule has 6 nitrogen and oxygen atoms in total. The zero-order valence-electron chi connectivity index (χ0n) is 14.6. The Morgan fingerprint density at radius 1 is 1.00 bits per heavy atom. The van der Waals surface area contributed by atoms with Crippen LogP contribution in [-0.4, -0.2) is 20.7 Å². The highest BCUT2D eigenvalue weighted by Gasteiger charge is 2.13. The minimum absolute atomic E-state index is 0.144. The van der Waals surface area contributed by atoms with E-state index in [1.807, 2.05) is 6.07 Å². The zero-order chi connectivity index (χ0) is 18.3. The third-order valence-electron chi connectivity index (χ3n) is 4.42. The van der Waals surface area contributed by atoms with Gasteiger partial charge in [-0.2, -0.15) is 0 Å². The van der Waals surface area contributed by atoms with Crippen LogP contribution in [0.4, 0.5) is 11.5 Å². The zero-order valence-corrected chi connectivity index (χ0v) is 14.6. The van der Waals surface area contributed by atoms with Crippen molar-refractivity contribution in [1.29, 1.82) is 0 Å². The topological polar surface area (TPSA) is 85.8 Å². The first kappa shape index (κ1) is 16.1. The van der Waals surface area contributed by atoms with Crippen LogP contribution < -0.4 is 11.1 Å². The summed E-state index contributed by atoms with van der Waals surface area (Å²) < 4.78 is 2.34. The maximum absolute atomic E-state index is 11.1. The van der Waals surface area contributed by atoms with E-state index in [2.05, 4.69) is 70.3 Å². The first-order valence-electron chi connectivity index (χ1n) is 8.48. The van der Waals surface area contributed by atoms with Crippen LogP contribution in [0.5, 0.6) is 0 Å². The van der Waals surface area contributed by atoms with E-state index < -0.39 is 5.91 Å². The summed E-state index contributed by atoms with van der Waals surface area (Å²) in [6.07, 6.45) is 0. The quantitative estimate of drug-likeness (QED) is 0.585. The molecule has 26 heavy (non-hydrogen) atoms. The van der Waals surface area contributed by atoms with Crippen molar-refractivity contribution in [3.05, 3.63) is 60.3 Å². The van der Waals surface area contributed by atoms with E-state index in [4.69, 9.17) is 5.73 Å². The van der Waals surface area contributed by atoms with Gasteiger partial charge < -0.3 is 15.6 Å². The number of anilines is 2. The smallest absolute Gasteiger partial charge is 0.269 e. The lowest BCUT2D eigenvalue weighted by Gasteiger charge is -2.12. The van der Waals surface area contributed by atoms with E-state index in [1.54, 1.807) is 12.1 Å². The van der Waals surface area contributed by atoms with Crippen molar-refractivity contribution in [3.63, 3.8) is 0 Å². The minimum Gasteiger partial charge on any atom is -0.364 e. The molecule has 0 aliphatic heterocycles. The number of fused-ring (bicyclic) bond motifs is 3. The van der Waals surface area contributed by atoms with Gasteiger partial charge in [-0.15, -0.1) is 10.2 Å². The van der Waals surface area contributed by atoms with Gasteiger partial charge in [0.25, 0.3) is 5.91 Å². The van der Waals surface area contributed by atoms with Gasteiger partial charge in [-0.25, -0.2) is 0 Å². The summed E-state index contributed by atoms with van der Waals surface area (Å²) >= 11 is 0. The number of hydrogen-bond acceptors (Lipinski definition) is 4. The third-order valence-corrected chi connectivity index (χ3v) is 4.42. The predicted molar refractivity (Wildman–Crippen MR) is 104 cm³/mol. The molecule has 0 radical (unpaired) electrons. The average Bonchev–Trinajstić information content (AvgIpc) is 2.96. The average molecular weight is 345 g/mol. The summed E-state index contributed by atoms with van der Waals surface area (Å²) in [6.45, 7) is 4.38. The number of carbonyl (C=O) groups excluding carboxylic acids is 1. The fourth-order valence-corrected chi connectivity index (χ4v) is 3.32. The number of nitrogens with one attached hydrogen (secondary N) is 1. The molecule has 2 aromatic carbocycles. The first-order chi connectivity index (χ1) is 12.5. The molecule has 130 valence electrons. The molecular weight excluding hydrogens is 326 g/mol. The van der Waals surface area contributed by atoms with E-state index in [1.165, 1.54) is 21.8 Å². The maximum Gasteiger partial charge on any atom is 0.269 e. The van der Waals surface area contributed by atoms with Crippen LogP contribution in [0.15, 0.2) is 54.6 Å². The molecule has 0 bridgehead atoms. The van der Waals surface area contributed by atoms with Gasteiger partial charge in [0.05, 0.1) is 0 Å². The molecule has 0 aliphatic rings. The fourth-order valence-electron chi connectivity index (χ4n) is 3.32. The van der Waals surface area contributed by atoms with Crippen molar-refractivity contribution in [2.75, 3.05) is 5.32 Å². The predicted octanol–water partition coefficient (Wildman–Crippen LogP) is 4.01. The van der Waals surface area contributed by atoms with Crippen LogP contribution in [0.2, 0.25) is 0 Å². The Morgan fingerprint density at radius 2 is 1.77 bits per heavy atom. The summed E-state index contributed by atoms with van der Waals surface area (Å²) in [7, 11) is 0. The van der Waals surface area contributed by atoms with Crippen molar-refractivity contribution < 1.29 is 4.79 Å². The molecule has 0 saturated heterocycles. The third kappa shape index (κ3) is 2.65. The summed E-state index contributed by atoms with van der Waals surface area (Å²) in [5.74, 6) is -0.0334. The van der Waals surface area contributed by atoms with Crippen LogP contribution in [0, 0.1) is 0 Å². The Hall–Kier alpha value is -3.41. The summed E-state index contributed by atoms with van der Waals surface area (Å²) in [5.41, 5.74) is 8.66. The van der Waals surface area contributed by atoms with Gasteiger partial charge in [-0.05, 0) is 50.2 Å². The minimum atomic E-state index is -0.591. The Balaban J connectivity index is 1.78. The molecule has 6 heteroatoms. The summed E-state index contributed by atoms with van der Waals surface area (Å²) in [6, 6.07) is 18.3. The Labute approximate surface area is 150 Å². The number of para-hydroxylation sites is 1. The molecule has 0 atom stereocenters. The van der Waals surface area contributed by atoms with Gasteiger partial charge in [0, 0.05) is 33.5 Å². The monoisotopic (exact) mass is 345 g/mol. The maximum atomic E-state index is 11.1. The van der Waals surface area contributed by atoms with Gasteiger partial charge >= 0.3 is 0 Å². The van der Waals surface area contributed by atoms with Gasteiger partial charge in [-0.1, -0.05) is 18.2 Å². The fraction of sp³-hybridized carbons (Fsp3) is 0.150. The van der Waals surface area contributed by atoms with E-state index in [-0.39, 0.29) is 5.69 Å². The second-order valence-electron chi connectivity index (χ2n) is 6.51. The van der Waals surface area contributed by atoms with Crippen molar-refractivity contribution in [2.24, 2.45) is 5.73 Å². The molecule has 2 aromatic heterocycles. The Morgan fingerprint density at radius 3 is 2.46 bits per heavy atom. The highest BCUT2D eigenvalue weighted by molar-refractivity contribution is 6.09. The first-order valence-corrected chi connectivity index (χ1v) is 8.48. The summed E-state index contributed by atoms with van der Waals surface area (Å²) in [4.78, 5) is 11.1. The number of benzene rings is 2. The van der Waals surface area contributed by atoms with Crippen molar-refractivity contribution in [3.8, 4) is 0 Å². The number of nitrogens with zero attached hydrogens (tertiary/aromatic N) is 3. The van der Waals surface area contributed by atoms with Crippen molar-refractivity contribution >= 4 is 39.2 Å². The highest BCUT2D eigenvalue weighted by Crippen LogP contribution is 2.33. The van der Waals surface area contributed by atoms with E-state index in [0.717, 1.165) is 5.69 Å². The molecule has 0 aliphatic carbocycles. The SMILES string of the molecule is CC(C)n1c2ccccc2c2cc(Nc3ccc(C(N)=O)nn3)ccc21.